The number of rotatable bonds is 5. The van der Waals surface area contributed by atoms with Crippen molar-refractivity contribution >= 4 is 28.3 Å². The van der Waals surface area contributed by atoms with Crippen molar-refractivity contribution in [2.75, 3.05) is 12.8 Å². The Kier molecular flexibility index (Phi) is 4.33. The lowest BCUT2D eigenvalue weighted by atomic mass is 9.91. The van der Waals surface area contributed by atoms with Crippen molar-refractivity contribution in [2.45, 2.75) is 37.5 Å². The van der Waals surface area contributed by atoms with Gasteiger partial charge < -0.3 is 20.8 Å². The van der Waals surface area contributed by atoms with Gasteiger partial charge in [-0.3, -0.25) is 0 Å². The first-order valence-corrected chi connectivity index (χ1v) is 9.41. The summed E-state index contributed by atoms with van der Waals surface area (Å²) in [5.41, 5.74) is 6.67. The molecule has 0 radical (unpaired) electrons. The van der Waals surface area contributed by atoms with Gasteiger partial charge in [0.2, 0.25) is 0 Å². The van der Waals surface area contributed by atoms with Crippen LogP contribution in [-0.4, -0.2) is 45.4 Å². The Balaban J connectivity index is 1.56. The molecule has 27 heavy (non-hydrogen) atoms. The molecule has 1 aromatic carbocycles. The largest absolute Gasteiger partial charge is 0.390 e. The van der Waals surface area contributed by atoms with Gasteiger partial charge in [0.1, 0.15) is 17.7 Å². The lowest BCUT2D eigenvalue weighted by Crippen LogP contribution is -2.42. The quantitative estimate of drug-likeness (QED) is 0.730. The van der Waals surface area contributed by atoms with Crippen LogP contribution in [0.5, 0.6) is 0 Å². The summed E-state index contributed by atoms with van der Waals surface area (Å²) in [4.78, 5) is 6.05. The predicted octanol–water partition coefficient (Wildman–Crippen LogP) is 2.73. The number of likely N-dealkylation sites (N-methyl/N-ethyl adjacent to an activating group) is 1. The summed E-state index contributed by atoms with van der Waals surface area (Å²) in [7, 11) is 1.86. The van der Waals surface area contributed by atoms with Gasteiger partial charge in [0.15, 0.2) is 0 Å². The Labute approximate surface area is 162 Å². The van der Waals surface area contributed by atoms with Gasteiger partial charge in [-0.05, 0) is 55.1 Å². The highest BCUT2D eigenvalue weighted by Gasteiger charge is 2.70. The third-order valence-corrected chi connectivity index (χ3v) is 6.72. The maximum absolute atomic E-state index is 14.5. The molecule has 144 valence electrons. The Morgan fingerprint density at radius 1 is 1.44 bits per heavy atom. The van der Waals surface area contributed by atoms with Crippen LogP contribution in [0.2, 0.25) is 5.02 Å². The van der Waals surface area contributed by atoms with Gasteiger partial charge in [-0.2, -0.15) is 0 Å². The molecule has 5 nitrogen and oxygen atoms in total. The maximum Gasteiger partial charge on any atom is 0.142 e. The minimum atomic E-state index is -0.802. The first kappa shape index (κ1) is 18.5. The number of hydrogen-bond acceptors (Lipinski definition) is 5. The van der Waals surface area contributed by atoms with Crippen LogP contribution in [-0.2, 0) is 6.42 Å². The second kappa shape index (κ2) is 6.33. The molecule has 5 atom stereocenters. The molecule has 0 bridgehead atoms. The van der Waals surface area contributed by atoms with Crippen LogP contribution < -0.4 is 5.73 Å². The van der Waals surface area contributed by atoms with Crippen LogP contribution in [0, 0.1) is 17.2 Å². The molecule has 0 amide bonds. The van der Waals surface area contributed by atoms with Gasteiger partial charge in [0.05, 0.1) is 22.7 Å². The summed E-state index contributed by atoms with van der Waals surface area (Å²) < 4.78 is 14.5. The van der Waals surface area contributed by atoms with E-state index in [1.807, 2.05) is 18.0 Å². The molecular formula is C20H23ClFN3O2. The van der Waals surface area contributed by atoms with Crippen molar-refractivity contribution in [3.05, 3.63) is 47.4 Å². The van der Waals surface area contributed by atoms with E-state index in [1.165, 1.54) is 12.1 Å². The molecule has 1 heterocycles. The number of hydrogen-bond donors (Lipinski definition) is 3. The summed E-state index contributed by atoms with van der Waals surface area (Å²) in [5, 5.41) is 21.6. The normalized spacial score (nSPS) is 31.7. The van der Waals surface area contributed by atoms with Crippen molar-refractivity contribution in [3.63, 3.8) is 0 Å². The van der Waals surface area contributed by atoms with E-state index in [2.05, 4.69) is 11.6 Å². The highest BCUT2D eigenvalue weighted by molar-refractivity contribution is 6.33. The zero-order chi connectivity index (χ0) is 19.5. The van der Waals surface area contributed by atoms with Crippen LogP contribution in [0.4, 0.5) is 10.2 Å². The summed E-state index contributed by atoms with van der Waals surface area (Å²) >= 11 is 5.93. The number of anilines is 1. The van der Waals surface area contributed by atoms with Crippen molar-refractivity contribution in [2.24, 2.45) is 11.3 Å². The Morgan fingerprint density at radius 2 is 2.19 bits per heavy atom. The van der Waals surface area contributed by atoms with Crippen molar-refractivity contribution in [1.82, 2.24) is 9.88 Å². The summed E-state index contributed by atoms with van der Waals surface area (Å²) in [6.45, 7) is 3.75. The molecular weight excluding hydrogens is 369 g/mol. The monoisotopic (exact) mass is 391 g/mol. The van der Waals surface area contributed by atoms with E-state index in [9.17, 15) is 14.6 Å². The van der Waals surface area contributed by atoms with Crippen LogP contribution in [0.15, 0.2) is 31.0 Å². The molecule has 0 spiro atoms. The van der Waals surface area contributed by atoms with Crippen molar-refractivity contribution in [3.8, 4) is 0 Å². The highest BCUT2D eigenvalue weighted by Crippen LogP contribution is 2.66. The zero-order valence-corrected chi connectivity index (χ0v) is 15.8. The topological polar surface area (TPSA) is 82.6 Å². The van der Waals surface area contributed by atoms with E-state index in [0.717, 1.165) is 12.0 Å². The fourth-order valence-electron chi connectivity index (χ4n) is 4.80. The molecule has 1 aromatic heterocycles. The molecule has 0 aliphatic heterocycles. The van der Waals surface area contributed by atoms with E-state index in [1.54, 1.807) is 6.20 Å². The standard InChI is InChI=1S/C20H23ClFN3O2/c1-3-25(2)16-12-9-20(12,18(27)17(16)26)5-4-10-6-14(22)11-8-13(21)19(23)24-15(11)7-10/h3,6-8,12,16-18,26-27H,1,4-5,9H2,2H3,(H2,23,24)/t12-,16-,17+,18+,20?/m1/s1. The number of aromatic nitrogens is 1. The first-order chi connectivity index (χ1) is 12.8. The zero-order valence-electron chi connectivity index (χ0n) is 15.1. The third-order valence-electron chi connectivity index (χ3n) is 6.41. The SMILES string of the molecule is C=CN(C)[C@H]1[C@H](O)[C@H](O)C2(CCc3cc(F)c4cc(Cl)c(N)nc4c3)C[C@H]12. The molecule has 2 fully saturated rings. The van der Waals surface area contributed by atoms with Gasteiger partial charge in [-0.25, -0.2) is 9.37 Å². The van der Waals surface area contributed by atoms with Crippen LogP contribution >= 0.6 is 11.6 Å². The van der Waals surface area contributed by atoms with E-state index in [0.29, 0.717) is 23.7 Å². The number of aliphatic hydroxyl groups excluding tert-OH is 2. The van der Waals surface area contributed by atoms with Gasteiger partial charge >= 0.3 is 0 Å². The molecule has 2 aromatic rings. The molecule has 7 heteroatoms. The number of nitrogen functional groups attached to an aromatic ring is 1. The van der Waals surface area contributed by atoms with Crippen LogP contribution in [0.1, 0.15) is 18.4 Å². The molecule has 2 saturated carbocycles. The number of fused-ring (bicyclic) bond motifs is 2. The number of nitrogens with zero attached hydrogens (tertiary/aromatic N) is 2. The second-order valence-corrected chi connectivity index (χ2v) is 8.22. The van der Waals surface area contributed by atoms with Crippen molar-refractivity contribution in [1.29, 1.82) is 0 Å². The average molecular weight is 392 g/mol. The summed E-state index contributed by atoms with van der Waals surface area (Å²) in [6.07, 6.45) is 2.20. The van der Waals surface area contributed by atoms with E-state index < -0.39 is 18.0 Å². The molecule has 2 aliphatic rings. The van der Waals surface area contributed by atoms with E-state index in [4.69, 9.17) is 17.3 Å². The van der Waals surface area contributed by atoms with Crippen molar-refractivity contribution < 1.29 is 14.6 Å². The third kappa shape index (κ3) is 2.78. The average Bonchev–Trinajstić information content (AvgIpc) is 3.31. The Hall–Kier alpha value is -1.89. The molecule has 0 saturated heterocycles. The molecule has 4 N–H and O–H groups in total. The number of halogens is 2. The van der Waals surface area contributed by atoms with Gasteiger partial charge in [-0.15, -0.1) is 0 Å². The number of nitrogens with two attached hydrogens (primary N) is 1. The minimum Gasteiger partial charge on any atom is -0.390 e. The molecule has 4 rings (SSSR count). The smallest absolute Gasteiger partial charge is 0.142 e. The summed E-state index contributed by atoms with van der Waals surface area (Å²) in [6, 6.07) is 4.65. The fraction of sp³-hybridized carbons (Fsp3) is 0.450. The molecule has 2 aliphatic carbocycles. The van der Waals surface area contributed by atoms with Gasteiger partial charge in [-0.1, -0.05) is 18.2 Å². The highest BCUT2D eigenvalue weighted by atomic mass is 35.5. The number of aliphatic hydroxyl groups is 2. The lowest BCUT2D eigenvalue weighted by Gasteiger charge is -2.29. The van der Waals surface area contributed by atoms with Gasteiger partial charge in [0, 0.05) is 17.8 Å². The fourth-order valence-corrected chi connectivity index (χ4v) is 4.95. The summed E-state index contributed by atoms with van der Waals surface area (Å²) in [5.74, 6) is -0.00684. The number of pyridine rings is 1. The Bertz CT molecular complexity index is 924. The second-order valence-electron chi connectivity index (χ2n) is 7.82. The van der Waals surface area contributed by atoms with E-state index >= 15 is 0 Å². The van der Waals surface area contributed by atoms with Crippen LogP contribution in [0.3, 0.4) is 0 Å². The lowest BCUT2D eigenvalue weighted by molar-refractivity contribution is -0.0258. The number of benzene rings is 1. The first-order valence-electron chi connectivity index (χ1n) is 9.03. The minimum absolute atomic E-state index is 0.130. The molecule has 1 unspecified atom stereocenters. The predicted molar refractivity (Wildman–Crippen MR) is 104 cm³/mol. The maximum atomic E-state index is 14.5. The Morgan fingerprint density at radius 3 is 2.89 bits per heavy atom. The van der Waals surface area contributed by atoms with Crippen LogP contribution in [0.25, 0.3) is 10.9 Å². The number of aryl methyl sites for hydroxylation is 1. The van der Waals surface area contributed by atoms with Gasteiger partial charge in [0.25, 0.3) is 0 Å². The van der Waals surface area contributed by atoms with E-state index in [-0.39, 0.29) is 28.2 Å².